The zero-order valence-corrected chi connectivity index (χ0v) is 11.4. The lowest BCUT2D eigenvalue weighted by molar-refractivity contribution is -0.120. The number of ether oxygens (including phenoxy) is 1. The lowest BCUT2D eigenvalue weighted by atomic mass is 9.97. The van der Waals surface area contributed by atoms with E-state index in [-0.39, 0.29) is 12.5 Å². The molecule has 2 N–H and O–H groups in total. The second-order valence-corrected chi connectivity index (χ2v) is 4.59. The van der Waals surface area contributed by atoms with Crippen LogP contribution in [0, 0.1) is 0 Å². The minimum absolute atomic E-state index is 0.155. The van der Waals surface area contributed by atoms with Gasteiger partial charge in [0.15, 0.2) is 0 Å². The number of benzene rings is 1. The Hall–Kier alpha value is -1.55. The van der Waals surface area contributed by atoms with E-state index in [1.807, 2.05) is 18.2 Å². The number of nitrogens with one attached hydrogen (secondary N) is 1. The summed E-state index contributed by atoms with van der Waals surface area (Å²) in [7, 11) is 1.58. The second kappa shape index (κ2) is 6.40. The Morgan fingerprint density at radius 3 is 2.56 bits per heavy atom. The lowest BCUT2D eigenvalue weighted by Gasteiger charge is -2.20. The molecule has 0 spiro atoms. The Morgan fingerprint density at radius 2 is 2.11 bits per heavy atom. The van der Waals surface area contributed by atoms with Crippen LogP contribution in [0.3, 0.4) is 0 Å². The van der Waals surface area contributed by atoms with Crippen molar-refractivity contribution < 1.29 is 14.6 Å². The highest BCUT2D eigenvalue weighted by atomic mass is 16.5. The van der Waals surface area contributed by atoms with Gasteiger partial charge in [0.2, 0.25) is 5.91 Å². The van der Waals surface area contributed by atoms with E-state index in [0.717, 1.165) is 11.1 Å². The number of aliphatic hydroxyl groups excluding tert-OH is 1. The van der Waals surface area contributed by atoms with Gasteiger partial charge >= 0.3 is 0 Å². The van der Waals surface area contributed by atoms with Gasteiger partial charge < -0.3 is 15.2 Å². The SMILES string of the molecule is COc1ccc(C(C)C)cc1C(CO)NC(C)=O. The van der Waals surface area contributed by atoms with Crippen LogP contribution in [0.2, 0.25) is 0 Å². The van der Waals surface area contributed by atoms with E-state index >= 15 is 0 Å². The highest BCUT2D eigenvalue weighted by Crippen LogP contribution is 2.29. The summed E-state index contributed by atoms with van der Waals surface area (Å²) in [6, 6.07) is 5.40. The molecule has 0 aromatic heterocycles. The maximum Gasteiger partial charge on any atom is 0.217 e. The van der Waals surface area contributed by atoms with E-state index in [1.54, 1.807) is 7.11 Å². The third kappa shape index (κ3) is 3.47. The Kier molecular flexibility index (Phi) is 5.16. The fourth-order valence-corrected chi connectivity index (χ4v) is 1.85. The molecule has 0 aliphatic heterocycles. The van der Waals surface area contributed by atoms with Gasteiger partial charge in [-0.2, -0.15) is 0 Å². The van der Waals surface area contributed by atoms with Crippen LogP contribution in [-0.2, 0) is 4.79 Å². The number of hydrogen-bond acceptors (Lipinski definition) is 3. The summed E-state index contributed by atoms with van der Waals surface area (Å²) in [5, 5.41) is 12.1. The molecule has 1 atom stereocenters. The van der Waals surface area contributed by atoms with E-state index in [0.29, 0.717) is 11.7 Å². The summed E-state index contributed by atoms with van der Waals surface area (Å²) in [5.74, 6) is 0.879. The van der Waals surface area contributed by atoms with Crippen molar-refractivity contribution in [1.29, 1.82) is 0 Å². The number of aliphatic hydroxyl groups is 1. The van der Waals surface area contributed by atoms with Gasteiger partial charge in [0, 0.05) is 12.5 Å². The summed E-state index contributed by atoms with van der Waals surface area (Å²) in [6.45, 7) is 5.47. The molecule has 1 amide bonds. The molecule has 1 unspecified atom stereocenters. The van der Waals surface area contributed by atoms with Crippen LogP contribution >= 0.6 is 0 Å². The van der Waals surface area contributed by atoms with Crippen molar-refractivity contribution >= 4 is 5.91 Å². The first kappa shape index (κ1) is 14.5. The van der Waals surface area contributed by atoms with Gasteiger partial charge in [0.1, 0.15) is 5.75 Å². The molecular weight excluding hydrogens is 230 g/mol. The van der Waals surface area contributed by atoms with Crippen LogP contribution in [0.25, 0.3) is 0 Å². The highest BCUT2D eigenvalue weighted by Gasteiger charge is 2.17. The molecule has 1 aromatic carbocycles. The Labute approximate surface area is 108 Å². The quantitative estimate of drug-likeness (QED) is 0.841. The van der Waals surface area contributed by atoms with Gasteiger partial charge in [-0.3, -0.25) is 4.79 Å². The zero-order chi connectivity index (χ0) is 13.7. The molecule has 0 fully saturated rings. The summed E-state index contributed by atoms with van der Waals surface area (Å²) >= 11 is 0. The lowest BCUT2D eigenvalue weighted by Crippen LogP contribution is -2.29. The van der Waals surface area contributed by atoms with Gasteiger partial charge in [-0.05, 0) is 23.6 Å². The summed E-state index contributed by atoms with van der Waals surface area (Å²) in [6.07, 6.45) is 0. The first-order valence-electron chi connectivity index (χ1n) is 6.05. The molecule has 0 heterocycles. The number of carbonyl (C=O) groups is 1. The van der Waals surface area contributed by atoms with E-state index in [9.17, 15) is 9.90 Å². The maximum atomic E-state index is 11.1. The van der Waals surface area contributed by atoms with Crippen molar-refractivity contribution in [1.82, 2.24) is 5.32 Å². The van der Waals surface area contributed by atoms with E-state index in [4.69, 9.17) is 4.74 Å². The first-order chi connectivity index (χ1) is 8.49. The van der Waals surface area contributed by atoms with Crippen LogP contribution in [0.1, 0.15) is 43.9 Å². The Morgan fingerprint density at radius 1 is 1.44 bits per heavy atom. The number of hydrogen-bond donors (Lipinski definition) is 2. The normalized spacial score (nSPS) is 12.3. The molecule has 1 rings (SSSR count). The summed E-state index contributed by atoms with van der Waals surface area (Å²) < 4.78 is 5.28. The van der Waals surface area contributed by atoms with Gasteiger partial charge in [-0.1, -0.05) is 19.9 Å². The van der Waals surface area contributed by atoms with Gasteiger partial charge in [-0.25, -0.2) is 0 Å². The first-order valence-corrected chi connectivity index (χ1v) is 6.05. The van der Waals surface area contributed by atoms with Gasteiger partial charge in [0.25, 0.3) is 0 Å². The average Bonchev–Trinajstić information content (AvgIpc) is 2.34. The molecule has 4 nitrogen and oxygen atoms in total. The van der Waals surface area contributed by atoms with Crippen LogP contribution in [0.5, 0.6) is 5.75 Å². The Bertz CT molecular complexity index is 416. The zero-order valence-electron chi connectivity index (χ0n) is 11.4. The van der Waals surface area contributed by atoms with Crippen LogP contribution < -0.4 is 10.1 Å². The van der Waals surface area contributed by atoms with Crippen molar-refractivity contribution in [2.75, 3.05) is 13.7 Å². The monoisotopic (exact) mass is 251 g/mol. The van der Waals surface area contributed by atoms with Crippen LogP contribution in [0.4, 0.5) is 0 Å². The predicted octanol–water partition coefficient (Wildman–Crippen LogP) is 1.99. The molecular formula is C14H21NO3. The molecule has 0 radical (unpaired) electrons. The molecule has 0 aliphatic rings. The minimum Gasteiger partial charge on any atom is -0.496 e. The van der Waals surface area contributed by atoms with E-state index < -0.39 is 6.04 Å². The van der Waals surface area contributed by atoms with Crippen LogP contribution in [-0.4, -0.2) is 24.7 Å². The molecule has 100 valence electrons. The smallest absolute Gasteiger partial charge is 0.217 e. The fraction of sp³-hybridized carbons (Fsp3) is 0.500. The van der Waals surface area contributed by atoms with Crippen LogP contribution in [0.15, 0.2) is 18.2 Å². The number of methoxy groups -OCH3 is 1. The average molecular weight is 251 g/mol. The number of amides is 1. The van der Waals surface area contributed by atoms with E-state index in [2.05, 4.69) is 19.2 Å². The molecule has 18 heavy (non-hydrogen) atoms. The molecule has 0 saturated heterocycles. The third-order valence-electron chi connectivity index (χ3n) is 2.86. The number of carbonyl (C=O) groups excluding carboxylic acids is 1. The molecule has 1 aromatic rings. The topological polar surface area (TPSA) is 58.6 Å². The van der Waals surface area contributed by atoms with Crippen molar-refractivity contribution in [2.24, 2.45) is 0 Å². The van der Waals surface area contributed by atoms with Crippen molar-refractivity contribution in [3.05, 3.63) is 29.3 Å². The van der Waals surface area contributed by atoms with E-state index in [1.165, 1.54) is 6.92 Å². The Balaban J connectivity index is 3.16. The molecule has 0 bridgehead atoms. The third-order valence-corrected chi connectivity index (χ3v) is 2.86. The summed E-state index contributed by atoms with van der Waals surface area (Å²) in [4.78, 5) is 11.1. The standard InChI is InChI=1S/C14H21NO3/c1-9(2)11-5-6-14(18-4)12(7-11)13(8-16)15-10(3)17/h5-7,9,13,16H,8H2,1-4H3,(H,15,17). The summed E-state index contributed by atoms with van der Waals surface area (Å²) in [5.41, 5.74) is 1.95. The van der Waals surface area contributed by atoms with Crippen molar-refractivity contribution in [2.45, 2.75) is 32.7 Å². The van der Waals surface area contributed by atoms with Crippen molar-refractivity contribution in [3.63, 3.8) is 0 Å². The van der Waals surface area contributed by atoms with Gasteiger partial charge in [0.05, 0.1) is 19.8 Å². The second-order valence-electron chi connectivity index (χ2n) is 4.59. The molecule has 0 aliphatic carbocycles. The fourth-order valence-electron chi connectivity index (χ4n) is 1.85. The highest BCUT2D eigenvalue weighted by molar-refractivity contribution is 5.73. The van der Waals surface area contributed by atoms with Gasteiger partial charge in [-0.15, -0.1) is 0 Å². The minimum atomic E-state index is -0.434. The molecule has 4 heteroatoms. The van der Waals surface area contributed by atoms with Crippen molar-refractivity contribution in [3.8, 4) is 5.75 Å². The maximum absolute atomic E-state index is 11.1. The molecule has 0 saturated carbocycles. The largest absolute Gasteiger partial charge is 0.496 e. The number of rotatable bonds is 5. The predicted molar refractivity (Wildman–Crippen MR) is 70.7 cm³/mol.